The lowest BCUT2D eigenvalue weighted by molar-refractivity contribution is 0.471. The molecule has 0 atom stereocenters. The predicted molar refractivity (Wildman–Crippen MR) is 78.8 cm³/mol. The van der Waals surface area contributed by atoms with E-state index in [0.717, 1.165) is 17.1 Å². The minimum absolute atomic E-state index is 0.299. The molecule has 2 aromatic rings. The smallest absolute Gasteiger partial charge is 0.298 e. The Morgan fingerprint density at radius 1 is 1.47 bits per heavy atom. The highest BCUT2D eigenvalue weighted by molar-refractivity contribution is 7.07. The number of nitrogen functional groups attached to an aromatic ring is 1. The van der Waals surface area contributed by atoms with E-state index in [1.807, 2.05) is 24.3 Å². The van der Waals surface area contributed by atoms with Crippen LogP contribution in [0.5, 0.6) is 10.9 Å². The Balaban J connectivity index is 2.24. The van der Waals surface area contributed by atoms with Gasteiger partial charge in [0.2, 0.25) is 0 Å². The molecular weight excluding hydrogens is 258 g/mol. The number of hydrogen-bond donors (Lipinski definition) is 1. The molecular formula is C14H17N3OS. The average molecular weight is 275 g/mol. The van der Waals surface area contributed by atoms with E-state index in [9.17, 15) is 0 Å². The number of aromatic nitrogens is 2. The van der Waals surface area contributed by atoms with Crippen LogP contribution in [0.3, 0.4) is 0 Å². The number of rotatable bonds is 5. The van der Waals surface area contributed by atoms with Crippen LogP contribution in [-0.4, -0.2) is 9.36 Å². The van der Waals surface area contributed by atoms with Crippen molar-refractivity contribution >= 4 is 17.2 Å². The van der Waals surface area contributed by atoms with Crippen LogP contribution in [0.15, 0.2) is 30.9 Å². The molecule has 0 radical (unpaired) electrons. The van der Waals surface area contributed by atoms with Crippen LogP contribution >= 0.6 is 11.5 Å². The van der Waals surface area contributed by atoms with Crippen LogP contribution in [0.25, 0.3) is 0 Å². The maximum absolute atomic E-state index is 5.79. The summed E-state index contributed by atoms with van der Waals surface area (Å²) >= 11 is 1.26. The lowest BCUT2D eigenvalue weighted by atomic mass is 10.1. The van der Waals surface area contributed by atoms with Crippen LogP contribution < -0.4 is 10.5 Å². The fourth-order valence-electron chi connectivity index (χ4n) is 1.60. The predicted octanol–water partition coefficient (Wildman–Crippen LogP) is 3.76. The minimum atomic E-state index is 0.299. The summed E-state index contributed by atoms with van der Waals surface area (Å²) in [5, 5.41) is 0.554. The number of ether oxygens (including phenoxy) is 1. The zero-order valence-corrected chi connectivity index (χ0v) is 11.9. The Morgan fingerprint density at radius 3 is 2.89 bits per heavy atom. The summed E-state index contributed by atoms with van der Waals surface area (Å²) in [5.41, 5.74) is 7.49. The SMILES string of the molecule is C=CCc1cc(N)ccc1Oc1nc(C(C)C)ns1. The standard InChI is InChI=1S/C14H17N3OS/c1-4-5-10-8-11(15)6-7-12(10)18-14-16-13(9(2)3)17-19-14/h4,6-9H,1,5,15H2,2-3H3. The first-order valence-corrected chi connectivity index (χ1v) is 6.88. The maximum atomic E-state index is 5.79. The Kier molecular flexibility index (Phi) is 4.16. The normalized spacial score (nSPS) is 10.7. The molecule has 0 bridgehead atoms. The van der Waals surface area contributed by atoms with Gasteiger partial charge in [-0.2, -0.15) is 9.36 Å². The third-order valence-corrected chi connectivity index (χ3v) is 3.19. The zero-order chi connectivity index (χ0) is 13.8. The first-order chi connectivity index (χ1) is 9.10. The van der Waals surface area contributed by atoms with Crippen molar-refractivity contribution in [2.45, 2.75) is 26.2 Å². The van der Waals surface area contributed by atoms with Crippen molar-refractivity contribution < 1.29 is 4.74 Å². The van der Waals surface area contributed by atoms with E-state index in [2.05, 4.69) is 29.8 Å². The number of nitrogens with two attached hydrogens (primary N) is 1. The van der Waals surface area contributed by atoms with Crippen molar-refractivity contribution in [3.63, 3.8) is 0 Å². The van der Waals surface area contributed by atoms with Gasteiger partial charge in [-0.1, -0.05) is 19.9 Å². The summed E-state index contributed by atoms with van der Waals surface area (Å²) in [6, 6.07) is 5.55. The molecule has 2 N–H and O–H groups in total. The van der Waals surface area contributed by atoms with Crippen molar-refractivity contribution in [3.8, 4) is 10.9 Å². The highest BCUT2D eigenvalue weighted by Gasteiger charge is 2.11. The molecule has 0 fully saturated rings. The molecule has 0 spiro atoms. The Hall–Kier alpha value is -1.88. The first-order valence-electron chi connectivity index (χ1n) is 6.11. The lowest BCUT2D eigenvalue weighted by Gasteiger charge is -2.08. The third-order valence-electron chi connectivity index (χ3n) is 2.59. The molecule has 1 aromatic carbocycles. The Bertz CT molecular complexity index is 578. The average Bonchev–Trinajstić information content (AvgIpc) is 2.82. The van der Waals surface area contributed by atoms with Gasteiger partial charge in [0, 0.05) is 28.7 Å². The second kappa shape index (κ2) is 5.84. The van der Waals surface area contributed by atoms with E-state index in [4.69, 9.17) is 10.5 Å². The highest BCUT2D eigenvalue weighted by Crippen LogP contribution is 2.29. The van der Waals surface area contributed by atoms with E-state index in [0.29, 0.717) is 23.2 Å². The molecule has 0 saturated heterocycles. The van der Waals surface area contributed by atoms with Gasteiger partial charge in [0.1, 0.15) is 11.6 Å². The summed E-state index contributed by atoms with van der Waals surface area (Å²) in [6.07, 6.45) is 2.53. The van der Waals surface area contributed by atoms with Gasteiger partial charge in [-0.3, -0.25) is 0 Å². The first kappa shape index (κ1) is 13.5. The van der Waals surface area contributed by atoms with Gasteiger partial charge in [0.15, 0.2) is 0 Å². The largest absolute Gasteiger partial charge is 0.430 e. The van der Waals surface area contributed by atoms with E-state index >= 15 is 0 Å². The molecule has 0 aliphatic rings. The number of benzene rings is 1. The Morgan fingerprint density at radius 2 is 2.26 bits per heavy atom. The second-order valence-corrected chi connectivity index (χ2v) is 5.25. The highest BCUT2D eigenvalue weighted by atomic mass is 32.1. The van der Waals surface area contributed by atoms with Crippen LogP contribution in [-0.2, 0) is 6.42 Å². The lowest BCUT2D eigenvalue weighted by Crippen LogP contribution is -1.94. The van der Waals surface area contributed by atoms with E-state index in [-0.39, 0.29) is 0 Å². The number of allylic oxidation sites excluding steroid dienone is 1. The van der Waals surface area contributed by atoms with Crippen molar-refractivity contribution in [1.82, 2.24) is 9.36 Å². The Labute approximate surface area is 117 Å². The monoisotopic (exact) mass is 275 g/mol. The van der Waals surface area contributed by atoms with Crippen LogP contribution in [0.4, 0.5) is 5.69 Å². The molecule has 2 rings (SSSR count). The van der Waals surface area contributed by atoms with Gasteiger partial charge >= 0.3 is 0 Å². The molecule has 5 heteroatoms. The molecule has 100 valence electrons. The summed E-state index contributed by atoms with van der Waals surface area (Å²) < 4.78 is 10.1. The topological polar surface area (TPSA) is 61.0 Å². The number of anilines is 1. The molecule has 1 aromatic heterocycles. The van der Waals surface area contributed by atoms with Gasteiger partial charge in [-0.25, -0.2) is 0 Å². The number of nitrogens with zero attached hydrogens (tertiary/aromatic N) is 2. The van der Waals surface area contributed by atoms with E-state index in [1.54, 1.807) is 0 Å². The van der Waals surface area contributed by atoms with Crippen LogP contribution in [0, 0.1) is 0 Å². The van der Waals surface area contributed by atoms with Gasteiger partial charge in [-0.15, -0.1) is 6.58 Å². The van der Waals surface area contributed by atoms with Gasteiger partial charge in [0.05, 0.1) is 0 Å². The molecule has 0 saturated carbocycles. The van der Waals surface area contributed by atoms with Crippen LogP contribution in [0.1, 0.15) is 31.2 Å². The van der Waals surface area contributed by atoms with Gasteiger partial charge in [-0.05, 0) is 24.6 Å². The van der Waals surface area contributed by atoms with E-state index < -0.39 is 0 Å². The van der Waals surface area contributed by atoms with Crippen molar-refractivity contribution in [1.29, 1.82) is 0 Å². The molecule has 4 nitrogen and oxygen atoms in total. The zero-order valence-electron chi connectivity index (χ0n) is 11.1. The maximum Gasteiger partial charge on any atom is 0.298 e. The van der Waals surface area contributed by atoms with Crippen molar-refractivity contribution in [3.05, 3.63) is 42.2 Å². The van der Waals surface area contributed by atoms with E-state index in [1.165, 1.54) is 11.5 Å². The number of hydrogen-bond acceptors (Lipinski definition) is 5. The third kappa shape index (κ3) is 3.32. The molecule has 19 heavy (non-hydrogen) atoms. The molecule has 0 unspecified atom stereocenters. The fourth-order valence-corrected chi connectivity index (χ4v) is 2.29. The molecule has 1 heterocycles. The van der Waals surface area contributed by atoms with Gasteiger partial charge in [0.25, 0.3) is 5.19 Å². The quantitative estimate of drug-likeness (QED) is 0.666. The minimum Gasteiger partial charge on any atom is -0.430 e. The molecule has 0 amide bonds. The van der Waals surface area contributed by atoms with Crippen molar-refractivity contribution in [2.75, 3.05) is 5.73 Å². The van der Waals surface area contributed by atoms with Gasteiger partial charge < -0.3 is 10.5 Å². The summed E-state index contributed by atoms with van der Waals surface area (Å²) in [7, 11) is 0. The van der Waals surface area contributed by atoms with Crippen LogP contribution in [0.2, 0.25) is 0 Å². The van der Waals surface area contributed by atoms with Crippen molar-refractivity contribution in [2.24, 2.45) is 0 Å². The fraction of sp³-hybridized carbons (Fsp3) is 0.286. The molecule has 0 aliphatic carbocycles. The second-order valence-electron chi connectivity index (χ2n) is 4.54. The summed E-state index contributed by atoms with van der Waals surface area (Å²) in [4.78, 5) is 4.36. The summed E-state index contributed by atoms with van der Waals surface area (Å²) in [6.45, 7) is 7.85. The molecule has 0 aliphatic heterocycles. The summed E-state index contributed by atoms with van der Waals surface area (Å²) in [5.74, 6) is 1.86.